The largest absolute Gasteiger partial charge is 0.463 e. The van der Waals surface area contributed by atoms with E-state index in [0.717, 1.165) is 58.5 Å². The van der Waals surface area contributed by atoms with Crippen molar-refractivity contribution < 1.29 is 9.53 Å². The second kappa shape index (κ2) is 8.29. The van der Waals surface area contributed by atoms with Gasteiger partial charge in [-0.2, -0.15) is 0 Å². The van der Waals surface area contributed by atoms with E-state index in [-0.39, 0.29) is 12.1 Å². The highest BCUT2D eigenvalue weighted by Crippen LogP contribution is 2.32. The summed E-state index contributed by atoms with van der Waals surface area (Å²) in [6.07, 6.45) is 6.15. The Balaban J connectivity index is 1.38. The number of fused-ring (bicyclic) bond motifs is 1. The summed E-state index contributed by atoms with van der Waals surface area (Å²) in [5, 5.41) is 0.541. The molecule has 0 spiro atoms. The molecular weight excluding hydrogens is 376 g/mol. The first kappa shape index (κ1) is 19.5. The van der Waals surface area contributed by atoms with Crippen LogP contribution in [0.5, 0.6) is 0 Å². The van der Waals surface area contributed by atoms with Crippen molar-refractivity contribution in [2.75, 3.05) is 26.3 Å². The first-order valence-corrected chi connectivity index (χ1v) is 10.6. The lowest BCUT2D eigenvalue weighted by molar-refractivity contribution is -0.148. The van der Waals surface area contributed by atoms with Crippen LogP contribution in [0.2, 0.25) is 5.15 Å². The molecule has 1 aromatic rings. The van der Waals surface area contributed by atoms with E-state index in [4.69, 9.17) is 16.3 Å². The number of carbonyl (C=O) groups excluding carboxylic acids is 1. The first-order valence-electron chi connectivity index (χ1n) is 10.2. The van der Waals surface area contributed by atoms with Crippen LogP contribution >= 0.6 is 11.6 Å². The summed E-state index contributed by atoms with van der Waals surface area (Å²) >= 11 is 5.91. The third kappa shape index (κ3) is 4.28. The van der Waals surface area contributed by atoms with Crippen molar-refractivity contribution in [1.29, 1.82) is 0 Å². The number of rotatable bonds is 4. The fourth-order valence-corrected chi connectivity index (χ4v) is 4.97. The van der Waals surface area contributed by atoms with Gasteiger partial charge in [0.25, 0.3) is 0 Å². The number of ether oxygens (including phenoxy) is 1. The summed E-state index contributed by atoms with van der Waals surface area (Å²) < 4.78 is 5.40. The molecule has 1 aromatic heterocycles. The van der Waals surface area contributed by atoms with Crippen LogP contribution in [0.15, 0.2) is 29.7 Å². The van der Waals surface area contributed by atoms with Gasteiger partial charge in [0.15, 0.2) is 0 Å². The maximum atomic E-state index is 11.2. The summed E-state index contributed by atoms with van der Waals surface area (Å²) in [7, 11) is 0. The van der Waals surface area contributed by atoms with Crippen LogP contribution in [-0.2, 0) is 16.1 Å². The van der Waals surface area contributed by atoms with Crippen molar-refractivity contribution >= 4 is 17.6 Å². The number of pyridine rings is 1. The number of halogens is 1. The van der Waals surface area contributed by atoms with E-state index in [1.54, 1.807) is 0 Å². The number of nitrogens with zero attached hydrogens (tertiary/aromatic N) is 4. The number of carbonyl (C=O) groups is 1. The summed E-state index contributed by atoms with van der Waals surface area (Å²) in [5.41, 5.74) is 2.63. The number of hydrogen-bond donors (Lipinski definition) is 0. The second-order valence-corrected chi connectivity index (χ2v) is 8.59. The topological polar surface area (TPSA) is 48.9 Å². The monoisotopic (exact) mass is 404 g/mol. The summed E-state index contributed by atoms with van der Waals surface area (Å²) in [6, 6.07) is 4.50. The minimum atomic E-state index is -0.155. The second-order valence-electron chi connectivity index (χ2n) is 8.21. The van der Waals surface area contributed by atoms with E-state index in [2.05, 4.69) is 32.7 Å². The molecule has 3 aliphatic rings. The zero-order valence-electron chi connectivity index (χ0n) is 16.7. The molecule has 1 saturated heterocycles. The van der Waals surface area contributed by atoms with Gasteiger partial charge in [-0.25, -0.2) is 4.98 Å². The van der Waals surface area contributed by atoms with E-state index >= 15 is 0 Å². The van der Waals surface area contributed by atoms with Crippen LogP contribution in [0.3, 0.4) is 0 Å². The maximum absolute atomic E-state index is 11.2. The highest BCUT2D eigenvalue weighted by molar-refractivity contribution is 6.29. The molecule has 152 valence electrons. The zero-order chi connectivity index (χ0) is 19.7. The molecule has 0 N–H and O–H groups in total. The molecule has 7 heteroatoms. The lowest BCUT2D eigenvalue weighted by atomic mass is 9.91. The van der Waals surface area contributed by atoms with Gasteiger partial charge in [0.2, 0.25) is 0 Å². The number of esters is 1. The average molecular weight is 405 g/mol. The Morgan fingerprint density at radius 2 is 2.04 bits per heavy atom. The maximum Gasteiger partial charge on any atom is 0.302 e. The minimum absolute atomic E-state index is 0.112. The van der Waals surface area contributed by atoms with E-state index < -0.39 is 0 Å². The first-order chi connectivity index (χ1) is 13.5. The molecule has 2 aliphatic heterocycles. The standard InChI is InChI=1S/C21H29ClN4O2/c1-15-12-26(18-4-6-19(7-5-18)28-16(2)27)14-25-10-9-24(21(15)25)13-17-3-8-20(22)23-11-17/h3,8,11,18-19H,4-7,9-10,12-14H2,1-2H3. The Labute approximate surface area is 172 Å². The summed E-state index contributed by atoms with van der Waals surface area (Å²) in [4.78, 5) is 23.0. The molecule has 28 heavy (non-hydrogen) atoms. The smallest absolute Gasteiger partial charge is 0.302 e. The van der Waals surface area contributed by atoms with Crippen LogP contribution in [0.1, 0.15) is 45.1 Å². The van der Waals surface area contributed by atoms with Gasteiger partial charge >= 0.3 is 5.97 Å². The Bertz CT molecular complexity index is 743. The molecule has 4 rings (SSSR count). The van der Waals surface area contributed by atoms with Crippen LogP contribution < -0.4 is 0 Å². The van der Waals surface area contributed by atoms with Crippen molar-refractivity contribution in [3.8, 4) is 0 Å². The molecule has 2 fully saturated rings. The van der Waals surface area contributed by atoms with E-state index in [1.165, 1.54) is 23.9 Å². The van der Waals surface area contributed by atoms with Crippen molar-refractivity contribution in [3.63, 3.8) is 0 Å². The quantitative estimate of drug-likeness (QED) is 0.567. The minimum Gasteiger partial charge on any atom is -0.463 e. The predicted octanol–water partition coefficient (Wildman–Crippen LogP) is 3.23. The summed E-state index contributed by atoms with van der Waals surface area (Å²) in [5.74, 6) is 1.23. The van der Waals surface area contributed by atoms with Gasteiger partial charge in [-0.1, -0.05) is 17.7 Å². The van der Waals surface area contributed by atoms with Gasteiger partial charge in [0.1, 0.15) is 17.1 Å². The SMILES string of the molecule is CC(=O)OC1CCC(N2CC(C)=C3N(Cc4ccc(Cl)nc4)CCN3C2)CC1. The molecule has 3 heterocycles. The Kier molecular flexibility index (Phi) is 5.78. The number of aromatic nitrogens is 1. The van der Waals surface area contributed by atoms with Crippen LogP contribution in [-0.4, -0.2) is 64.1 Å². The van der Waals surface area contributed by atoms with Crippen molar-refractivity contribution in [2.24, 2.45) is 0 Å². The highest BCUT2D eigenvalue weighted by Gasteiger charge is 2.35. The van der Waals surface area contributed by atoms with E-state index in [9.17, 15) is 4.79 Å². The fourth-order valence-electron chi connectivity index (χ4n) is 4.86. The van der Waals surface area contributed by atoms with Gasteiger partial charge in [0, 0.05) is 45.3 Å². The highest BCUT2D eigenvalue weighted by atomic mass is 35.5. The Morgan fingerprint density at radius 1 is 1.25 bits per heavy atom. The average Bonchev–Trinajstić information content (AvgIpc) is 3.07. The Hall–Kier alpha value is -1.79. The Morgan fingerprint density at radius 3 is 2.71 bits per heavy atom. The lowest BCUT2D eigenvalue weighted by Gasteiger charge is -2.43. The molecule has 0 radical (unpaired) electrons. The summed E-state index contributed by atoms with van der Waals surface area (Å²) in [6.45, 7) is 8.76. The van der Waals surface area contributed by atoms with Crippen LogP contribution in [0, 0.1) is 0 Å². The van der Waals surface area contributed by atoms with Gasteiger partial charge in [-0.15, -0.1) is 0 Å². The van der Waals surface area contributed by atoms with Gasteiger partial charge in [-0.05, 0) is 49.8 Å². The van der Waals surface area contributed by atoms with Crippen molar-refractivity contribution in [3.05, 3.63) is 40.4 Å². The zero-order valence-corrected chi connectivity index (χ0v) is 17.5. The molecule has 0 amide bonds. The molecular formula is C21H29ClN4O2. The fraction of sp³-hybridized carbons (Fsp3) is 0.619. The molecule has 6 nitrogen and oxygen atoms in total. The van der Waals surface area contributed by atoms with Gasteiger partial charge in [0.05, 0.1) is 6.67 Å². The molecule has 0 aromatic carbocycles. The third-order valence-corrected chi connectivity index (χ3v) is 6.29. The number of hydrogen-bond acceptors (Lipinski definition) is 6. The van der Waals surface area contributed by atoms with Crippen molar-refractivity contribution in [2.45, 2.75) is 58.2 Å². The van der Waals surface area contributed by atoms with E-state index in [1.807, 2.05) is 12.3 Å². The molecule has 0 bridgehead atoms. The lowest BCUT2D eigenvalue weighted by Crippen LogP contribution is -2.49. The van der Waals surface area contributed by atoms with Gasteiger partial charge < -0.3 is 14.5 Å². The molecule has 1 saturated carbocycles. The van der Waals surface area contributed by atoms with E-state index in [0.29, 0.717) is 11.2 Å². The molecule has 1 aliphatic carbocycles. The molecule has 0 unspecified atom stereocenters. The third-order valence-electron chi connectivity index (χ3n) is 6.07. The van der Waals surface area contributed by atoms with Crippen molar-refractivity contribution in [1.82, 2.24) is 19.7 Å². The van der Waals surface area contributed by atoms with Gasteiger partial charge in [-0.3, -0.25) is 9.69 Å². The normalized spacial score (nSPS) is 25.8. The van der Waals surface area contributed by atoms with Crippen LogP contribution in [0.25, 0.3) is 0 Å². The molecule has 0 atom stereocenters. The predicted molar refractivity (Wildman–Crippen MR) is 108 cm³/mol. The van der Waals surface area contributed by atoms with Crippen LogP contribution in [0.4, 0.5) is 0 Å².